The average Bonchev–Trinajstić information content (AvgIpc) is 2.96. The van der Waals surface area contributed by atoms with Crippen LogP contribution >= 0.6 is 12.2 Å². The third kappa shape index (κ3) is 3.19. The van der Waals surface area contributed by atoms with Crippen molar-refractivity contribution in [1.82, 2.24) is 15.1 Å². The molecule has 0 aromatic heterocycles. The van der Waals surface area contributed by atoms with Crippen molar-refractivity contribution in [3.8, 4) is 5.75 Å². The molecule has 0 aliphatic carbocycles. The molecule has 0 saturated carbocycles. The number of rotatable bonds is 2. The summed E-state index contributed by atoms with van der Waals surface area (Å²) in [4.78, 5) is 4.68. The Bertz CT molecular complexity index is 550. The van der Waals surface area contributed by atoms with Gasteiger partial charge in [-0.3, -0.25) is 0 Å². The SMILES string of the molecule is CCN1CCN(C(=S)N/C=C2/COc3ccccc32)CC1. The number of piperazine rings is 1. The van der Waals surface area contributed by atoms with Gasteiger partial charge in [0.05, 0.1) is 0 Å². The number of thiocarbonyl (C=S) groups is 1. The number of ether oxygens (including phenoxy) is 1. The zero-order chi connectivity index (χ0) is 14.7. The lowest BCUT2D eigenvalue weighted by Gasteiger charge is -2.35. The Morgan fingerprint density at radius 1 is 1.29 bits per heavy atom. The molecule has 0 radical (unpaired) electrons. The number of hydrogen-bond donors (Lipinski definition) is 1. The summed E-state index contributed by atoms with van der Waals surface area (Å²) < 4.78 is 5.65. The van der Waals surface area contributed by atoms with E-state index in [1.165, 1.54) is 0 Å². The first-order valence-electron chi connectivity index (χ1n) is 7.47. The van der Waals surface area contributed by atoms with Crippen LogP contribution in [0.15, 0.2) is 30.5 Å². The Morgan fingerprint density at radius 3 is 2.81 bits per heavy atom. The molecule has 1 aromatic rings. The number of fused-ring (bicyclic) bond motifs is 1. The molecule has 112 valence electrons. The number of hydrogen-bond acceptors (Lipinski definition) is 3. The summed E-state index contributed by atoms with van der Waals surface area (Å²) in [6.07, 6.45) is 1.99. The van der Waals surface area contributed by atoms with Crippen LogP contribution in [0.5, 0.6) is 5.75 Å². The number of benzene rings is 1. The zero-order valence-electron chi connectivity index (χ0n) is 12.3. The molecule has 2 aliphatic heterocycles. The highest BCUT2D eigenvalue weighted by Crippen LogP contribution is 2.31. The predicted octanol–water partition coefficient (Wildman–Crippen LogP) is 1.93. The molecule has 3 rings (SSSR count). The average molecular weight is 303 g/mol. The van der Waals surface area contributed by atoms with Crippen LogP contribution in [0, 0.1) is 0 Å². The summed E-state index contributed by atoms with van der Waals surface area (Å²) in [6.45, 7) is 8.09. The molecule has 0 atom stereocenters. The van der Waals surface area contributed by atoms with Crippen LogP contribution in [0.25, 0.3) is 5.57 Å². The Kier molecular flexibility index (Phi) is 4.41. The van der Waals surface area contributed by atoms with E-state index in [0.29, 0.717) is 6.61 Å². The van der Waals surface area contributed by atoms with Gasteiger partial charge in [0, 0.05) is 43.5 Å². The first kappa shape index (κ1) is 14.4. The van der Waals surface area contributed by atoms with Crippen LogP contribution in [-0.4, -0.2) is 54.2 Å². The summed E-state index contributed by atoms with van der Waals surface area (Å²) in [5.41, 5.74) is 2.31. The lowest BCUT2D eigenvalue weighted by atomic mass is 10.1. The van der Waals surface area contributed by atoms with Crippen LogP contribution in [0.2, 0.25) is 0 Å². The summed E-state index contributed by atoms with van der Waals surface area (Å²) in [5.74, 6) is 0.952. The third-order valence-electron chi connectivity index (χ3n) is 4.09. The van der Waals surface area contributed by atoms with Gasteiger partial charge in [-0.15, -0.1) is 0 Å². The number of para-hydroxylation sites is 1. The molecular weight excluding hydrogens is 282 g/mol. The smallest absolute Gasteiger partial charge is 0.173 e. The second-order valence-electron chi connectivity index (χ2n) is 5.33. The first-order chi connectivity index (χ1) is 10.3. The molecule has 2 aliphatic rings. The zero-order valence-corrected chi connectivity index (χ0v) is 13.2. The van der Waals surface area contributed by atoms with Crippen molar-refractivity contribution in [2.75, 3.05) is 39.3 Å². The lowest BCUT2D eigenvalue weighted by Crippen LogP contribution is -2.50. The highest BCUT2D eigenvalue weighted by atomic mass is 32.1. The molecule has 1 fully saturated rings. The molecule has 4 nitrogen and oxygen atoms in total. The minimum Gasteiger partial charge on any atom is -0.488 e. The fourth-order valence-corrected chi connectivity index (χ4v) is 2.96. The maximum atomic E-state index is 5.65. The molecule has 0 spiro atoms. The maximum Gasteiger partial charge on any atom is 0.173 e. The van der Waals surface area contributed by atoms with E-state index in [0.717, 1.165) is 54.7 Å². The monoisotopic (exact) mass is 303 g/mol. The van der Waals surface area contributed by atoms with E-state index < -0.39 is 0 Å². The normalized spacial score (nSPS) is 20.2. The van der Waals surface area contributed by atoms with E-state index in [1.54, 1.807) is 0 Å². The molecule has 1 aromatic carbocycles. The van der Waals surface area contributed by atoms with Crippen molar-refractivity contribution in [2.45, 2.75) is 6.92 Å². The molecular formula is C16H21N3OS. The van der Waals surface area contributed by atoms with Crippen LogP contribution < -0.4 is 10.1 Å². The number of likely N-dealkylation sites (N-methyl/N-ethyl adjacent to an activating group) is 1. The van der Waals surface area contributed by atoms with Gasteiger partial charge in [0.15, 0.2) is 5.11 Å². The molecule has 1 saturated heterocycles. The second kappa shape index (κ2) is 6.45. The fourth-order valence-electron chi connectivity index (χ4n) is 2.72. The van der Waals surface area contributed by atoms with Gasteiger partial charge in [-0.25, -0.2) is 0 Å². The highest BCUT2D eigenvalue weighted by Gasteiger charge is 2.19. The topological polar surface area (TPSA) is 27.7 Å². The van der Waals surface area contributed by atoms with Gasteiger partial charge in [-0.1, -0.05) is 25.1 Å². The van der Waals surface area contributed by atoms with Crippen LogP contribution in [0.1, 0.15) is 12.5 Å². The van der Waals surface area contributed by atoms with Crippen LogP contribution in [-0.2, 0) is 0 Å². The van der Waals surface area contributed by atoms with Crippen LogP contribution in [0.4, 0.5) is 0 Å². The van der Waals surface area contributed by atoms with Gasteiger partial charge in [-0.05, 0) is 24.8 Å². The quantitative estimate of drug-likeness (QED) is 0.843. The molecule has 21 heavy (non-hydrogen) atoms. The van der Waals surface area contributed by atoms with E-state index in [2.05, 4.69) is 28.1 Å². The van der Waals surface area contributed by atoms with E-state index >= 15 is 0 Å². The third-order valence-corrected chi connectivity index (χ3v) is 4.47. The first-order valence-corrected chi connectivity index (χ1v) is 7.88. The minimum absolute atomic E-state index is 0.610. The van der Waals surface area contributed by atoms with Gasteiger partial charge in [0.1, 0.15) is 12.4 Å². The molecule has 0 amide bonds. The van der Waals surface area contributed by atoms with Crippen molar-refractivity contribution < 1.29 is 4.74 Å². The van der Waals surface area contributed by atoms with E-state index in [1.807, 2.05) is 24.4 Å². The largest absolute Gasteiger partial charge is 0.488 e. The molecule has 2 heterocycles. The summed E-state index contributed by atoms with van der Waals surface area (Å²) in [5, 5.41) is 4.07. The van der Waals surface area contributed by atoms with Gasteiger partial charge in [-0.2, -0.15) is 0 Å². The summed E-state index contributed by atoms with van der Waals surface area (Å²) in [6, 6.07) is 8.11. The Hall–Kier alpha value is -1.59. The minimum atomic E-state index is 0.610. The fraction of sp³-hybridized carbons (Fsp3) is 0.438. The standard InChI is InChI=1S/C16H21N3OS/c1-2-18-7-9-19(10-8-18)16(21)17-11-13-12-20-15-6-4-3-5-14(13)15/h3-6,11H,2,7-10,12H2,1H3,(H,17,21)/b13-11-. The molecule has 0 bridgehead atoms. The predicted molar refractivity (Wildman–Crippen MR) is 89.3 cm³/mol. The van der Waals surface area contributed by atoms with Gasteiger partial charge in [0.2, 0.25) is 0 Å². The van der Waals surface area contributed by atoms with Crippen molar-refractivity contribution in [1.29, 1.82) is 0 Å². The Labute approximate surface area is 131 Å². The van der Waals surface area contributed by atoms with Crippen molar-refractivity contribution in [3.63, 3.8) is 0 Å². The molecule has 1 N–H and O–H groups in total. The van der Waals surface area contributed by atoms with E-state index in [-0.39, 0.29) is 0 Å². The van der Waals surface area contributed by atoms with Crippen molar-refractivity contribution in [3.05, 3.63) is 36.0 Å². The number of nitrogens with zero attached hydrogens (tertiary/aromatic N) is 2. The maximum absolute atomic E-state index is 5.65. The van der Waals surface area contributed by atoms with E-state index in [9.17, 15) is 0 Å². The number of nitrogens with one attached hydrogen (secondary N) is 1. The van der Waals surface area contributed by atoms with Gasteiger partial charge >= 0.3 is 0 Å². The Balaban J connectivity index is 1.58. The van der Waals surface area contributed by atoms with Crippen molar-refractivity contribution >= 4 is 22.9 Å². The summed E-state index contributed by atoms with van der Waals surface area (Å²) >= 11 is 5.49. The highest BCUT2D eigenvalue weighted by molar-refractivity contribution is 7.80. The lowest BCUT2D eigenvalue weighted by molar-refractivity contribution is 0.189. The van der Waals surface area contributed by atoms with Gasteiger partial charge in [0.25, 0.3) is 0 Å². The van der Waals surface area contributed by atoms with Crippen LogP contribution in [0.3, 0.4) is 0 Å². The van der Waals surface area contributed by atoms with Crippen molar-refractivity contribution in [2.24, 2.45) is 0 Å². The molecule has 5 heteroatoms. The van der Waals surface area contributed by atoms with Gasteiger partial charge < -0.3 is 19.9 Å². The second-order valence-corrected chi connectivity index (χ2v) is 5.71. The molecule has 0 unspecified atom stereocenters. The van der Waals surface area contributed by atoms with E-state index in [4.69, 9.17) is 17.0 Å². The Morgan fingerprint density at radius 2 is 2.05 bits per heavy atom. The summed E-state index contributed by atoms with van der Waals surface area (Å²) in [7, 11) is 0.